The lowest BCUT2D eigenvalue weighted by molar-refractivity contribution is 0.104. The van der Waals surface area contributed by atoms with Crippen LogP contribution < -0.4 is 0 Å². The van der Waals surface area contributed by atoms with Gasteiger partial charge in [-0.25, -0.2) is 0 Å². The van der Waals surface area contributed by atoms with E-state index in [2.05, 4.69) is 0 Å². The van der Waals surface area contributed by atoms with Crippen molar-refractivity contribution in [2.45, 2.75) is 19.4 Å². The molecule has 1 N–H and O–H groups in total. The lowest BCUT2D eigenvalue weighted by atomic mass is 10.1. The van der Waals surface area contributed by atoms with Gasteiger partial charge in [0.05, 0.1) is 6.10 Å². The second-order valence-electron chi connectivity index (χ2n) is 3.06. The van der Waals surface area contributed by atoms with E-state index in [0.717, 1.165) is 0 Å². The SMILES string of the molecule is CCC(O)C=CC(=O)c1ccccc1. The zero-order valence-electron chi connectivity index (χ0n) is 8.18. The van der Waals surface area contributed by atoms with E-state index in [1.54, 1.807) is 12.1 Å². The van der Waals surface area contributed by atoms with E-state index in [1.807, 2.05) is 25.1 Å². The van der Waals surface area contributed by atoms with Crippen LogP contribution in [0.15, 0.2) is 42.5 Å². The van der Waals surface area contributed by atoms with Crippen LogP contribution in [0.5, 0.6) is 0 Å². The Kier molecular flexibility index (Phi) is 4.08. The Labute approximate surface area is 83.9 Å². The predicted octanol–water partition coefficient (Wildman–Crippen LogP) is 2.20. The number of benzene rings is 1. The zero-order valence-corrected chi connectivity index (χ0v) is 8.18. The van der Waals surface area contributed by atoms with Gasteiger partial charge >= 0.3 is 0 Å². The van der Waals surface area contributed by atoms with Crippen molar-refractivity contribution in [2.75, 3.05) is 0 Å². The summed E-state index contributed by atoms with van der Waals surface area (Å²) >= 11 is 0. The molecule has 0 aliphatic carbocycles. The van der Waals surface area contributed by atoms with Gasteiger partial charge in [-0.1, -0.05) is 43.3 Å². The minimum atomic E-state index is -0.525. The van der Waals surface area contributed by atoms with Crippen LogP contribution in [-0.4, -0.2) is 17.0 Å². The lowest BCUT2D eigenvalue weighted by Crippen LogP contribution is -2.01. The van der Waals surface area contributed by atoms with Gasteiger partial charge in [0.1, 0.15) is 0 Å². The van der Waals surface area contributed by atoms with E-state index in [-0.39, 0.29) is 5.78 Å². The molecule has 2 heteroatoms. The molecule has 0 fully saturated rings. The van der Waals surface area contributed by atoms with Crippen LogP contribution in [0, 0.1) is 0 Å². The number of aliphatic hydroxyl groups excluding tert-OH is 1. The largest absolute Gasteiger partial charge is 0.389 e. The van der Waals surface area contributed by atoms with Crippen molar-refractivity contribution in [3.05, 3.63) is 48.0 Å². The van der Waals surface area contributed by atoms with Gasteiger partial charge < -0.3 is 5.11 Å². The number of allylic oxidation sites excluding steroid dienone is 1. The first kappa shape index (κ1) is 10.7. The Bertz CT molecular complexity index is 314. The third-order valence-electron chi connectivity index (χ3n) is 1.95. The smallest absolute Gasteiger partial charge is 0.185 e. The number of aliphatic hydroxyl groups is 1. The minimum Gasteiger partial charge on any atom is -0.389 e. The van der Waals surface area contributed by atoms with E-state index >= 15 is 0 Å². The fraction of sp³-hybridized carbons (Fsp3) is 0.250. The van der Waals surface area contributed by atoms with Crippen molar-refractivity contribution < 1.29 is 9.90 Å². The van der Waals surface area contributed by atoms with Crippen molar-refractivity contribution in [2.24, 2.45) is 0 Å². The Hall–Kier alpha value is -1.41. The topological polar surface area (TPSA) is 37.3 Å². The summed E-state index contributed by atoms with van der Waals surface area (Å²) in [6, 6.07) is 9.01. The van der Waals surface area contributed by atoms with Crippen LogP contribution in [0.3, 0.4) is 0 Å². The molecule has 0 saturated heterocycles. The fourth-order valence-corrected chi connectivity index (χ4v) is 1.03. The third kappa shape index (κ3) is 3.15. The van der Waals surface area contributed by atoms with Crippen LogP contribution in [0.25, 0.3) is 0 Å². The molecule has 0 aromatic heterocycles. The first-order valence-electron chi connectivity index (χ1n) is 4.69. The monoisotopic (exact) mass is 190 g/mol. The quantitative estimate of drug-likeness (QED) is 0.583. The van der Waals surface area contributed by atoms with E-state index < -0.39 is 6.10 Å². The molecule has 0 bridgehead atoms. The molecule has 14 heavy (non-hydrogen) atoms. The van der Waals surface area contributed by atoms with Gasteiger partial charge in [0, 0.05) is 5.56 Å². The van der Waals surface area contributed by atoms with Gasteiger partial charge in [0.15, 0.2) is 5.78 Å². The molecule has 74 valence electrons. The molecular weight excluding hydrogens is 176 g/mol. The van der Waals surface area contributed by atoms with Crippen LogP contribution in [0.1, 0.15) is 23.7 Å². The van der Waals surface area contributed by atoms with Gasteiger partial charge in [-0.2, -0.15) is 0 Å². The van der Waals surface area contributed by atoms with Crippen LogP contribution in [-0.2, 0) is 0 Å². The number of ketones is 1. The Balaban J connectivity index is 2.64. The Morgan fingerprint density at radius 2 is 2.07 bits per heavy atom. The van der Waals surface area contributed by atoms with Crippen molar-refractivity contribution in [1.29, 1.82) is 0 Å². The van der Waals surface area contributed by atoms with Gasteiger partial charge in [0.25, 0.3) is 0 Å². The molecule has 0 saturated carbocycles. The highest BCUT2D eigenvalue weighted by molar-refractivity contribution is 6.04. The summed E-state index contributed by atoms with van der Waals surface area (Å²) in [5, 5.41) is 9.21. The van der Waals surface area contributed by atoms with Crippen LogP contribution in [0.4, 0.5) is 0 Å². The van der Waals surface area contributed by atoms with Crippen LogP contribution >= 0.6 is 0 Å². The summed E-state index contributed by atoms with van der Waals surface area (Å²) in [6.45, 7) is 1.86. The molecular formula is C12H14O2. The number of carbonyl (C=O) groups excluding carboxylic acids is 1. The molecule has 1 aromatic rings. The molecule has 0 aliphatic heterocycles. The normalized spacial score (nSPS) is 13.0. The maximum Gasteiger partial charge on any atom is 0.185 e. The maximum absolute atomic E-state index is 11.5. The van der Waals surface area contributed by atoms with Crippen LogP contribution in [0.2, 0.25) is 0 Å². The van der Waals surface area contributed by atoms with E-state index in [1.165, 1.54) is 12.2 Å². The molecule has 0 heterocycles. The number of carbonyl (C=O) groups is 1. The number of hydrogen-bond acceptors (Lipinski definition) is 2. The summed E-state index contributed by atoms with van der Waals surface area (Å²) in [7, 11) is 0. The molecule has 0 amide bonds. The fourth-order valence-electron chi connectivity index (χ4n) is 1.03. The second-order valence-corrected chi connectivity index (χ2v) is 3.06. The molecule has 1 unspecified atom stereocenters. The van der Waals surface area contributed by atoms with Crippen molar-refractivity contribution in [1.82, 2.24) is 0 Å². The third-order valence-corrected chi connectivity index (χ3v) is 1.95. The lowest BCUT2D eigenvalue weighted by Gasteiger charge is -1.98. The number of hydrogen-bond donors (Lipinski definition) is 1. The maximum atomic E-state index is 11.5. The summed E-state index contributed by atoms with van der Waals surface area (Å²) in [5.74, 6) is -0.0712. The molecule has 0 aliphatic rings. The molecule has 2 nitrogen and oxygen atoms in total. The number of rotatable bonds is 4. The summed E-state index contributed by atoms with van der Waals surface area (Å²) in [4.78, 5) is 11.5. The average Bonchev–Trinajstić information content (AvgIpc) is 2.26. The minimum absolute atomic E-state index is 0.0712. The van der Waals surface area contributed by atoms with E-state index in [9.17, 15) is 9.90 Å². The summed E-state index contributed by atoms with van der Waals surface area (Å²) in [5.41, 5.74) is 0.645. The highest BCUT2D eigenvalue weighted by atomic mass is 16.3. The molecule has 1 aromatic carbocycles. The van der Waals surface area contributed by atoms with Gasteiger partial charge in [-0.15, -0.1) is 0 Å². The van der Waals surface area contributed by atoms with Crippen molar-refractivity contribution in [3.8, 4) is 0 Å². The van der Waals surface area contributed by atoms with Gasteiger partial charge in [-0.05, 0) is 12.5 Å². The van der Waals surface area contributed by atoms with Gasteiger partial charge in [-0.3, -0.25) is 4.79 Å². The van der Waals surface area contributed by atoms with Crippen molar-refractivity contribution in [3.63, 3.8) is 0 Å². The molecule has 1 atom stereocenters. The first-order valence-corrected chi connectivity index (χ1v) is 4.69. The molecule has 1 rings (SSSR count). The second kappa shape index (κ2) is 5.35. The highest BCUT2D eigenvalue weighted by Crippen LogP contribution is 2.01. The van der Waals surface area contributed by atoms with E-state index in [4.69, 9.17) is 0 Å². The Morgan fingerprint density at radius 3 is 2.64 bits per heavy atom. The zero-order chi connectivity index (χ0) is 10.4. The Morgan fingerprint density at radius 1 is 1.43 bits per heavy atom. The van der Waals surface area contributed by atoms with Crippen molar-refractivity contribution >= 4 is 5.78 Å². The summed E-state index contributed by atoms with van der Waals surface area (Å²) in [6.07, 6.45) is 3.04. The molecule has 0 spiro atoms. The van der Waals surface area contributed by atoms with Gasteiger partial charge in [0.2, 0.25) is 0 Å². The standard InChI is InChI=1S/C12H14O2/c1-2-11(13)8-9-12(14)10-6-4-3-5-7-10/h3-9,11,13H,2H2,1H3. The average molecular weight is 190 g/mol. The predicted molar refractivity (Wildman–Crippen MR) is 56.2 cm³/mol. The van der Waals surface area contributed by atoms with E-state index in [0.29, 0.717) is 12.0 Å². The highest BCUT2D eigenvalue weighted by Gasteiger charge is 2.00. The summed E-state index contributed by atoms with van der Waals surface area (Å²) < 4.78 is 0. The molecule has 0 radical (unpaired) electrons. The first-order chi connectivity index (χ1) is 6.74.